The second-order valence-electron chi connectivity index (χ2n) is 18.8. The highest BCUT2D eigenvalue weighted by Gasteiger charge is 2.21. The van der Waals surface area contributed by atoms with Crippen molar-refractivity contribution in [2.24, 2.45) is 0 Å². The molecule has 0 unspecified atom stereocenters. The Balaban J connectivity index is 0.000000178. The third kappa shape index (κ3) is 11.6. The Kier molecular flexibility index (Phi) is 16.6. The van der Waals surface area contributed by atoms with Crippen LogP contribution in [0.4, 0.5) is 0 Å². The van der Waals surface area contributed by atoms with Gasteiger partial charge in [0.15, 0.2) is 0 Å². The Hall–Kier alpha value is -11.2. The first-order chi connectivity index (χ1) is 41.6. The SMILES string of the molecule is C1#CCOc2cccc3c(cccc23)OCCOCCOCCOCCOc2ccc(c3ccccc23)OCC#C1.O=c1c2cc3c(=O)n4c(=O)c3cc2c(=O)n1CC#CC#CCn1c(=O)c2cc3c(=O)n(c(=O)c3cc2c1=O)CC#CC#CC4. The molecule has 0 saturated heterocycles. The fourth-order valence-electron chi connectivity index (χ4n) is 9.72. The highest BCUT2D eigenvalue weighted by Crippen LogP contribution is 2.34. The molecule has 19 heteroatoms. The zero-order valence-corrected chi connectivity index (χ0v) is 45.0. The van der Waals surface area contributed by atoms with Gasteiger partial charge in [0, 0.05) is 21.5 Å². The average Bonchev–Trinajstić information content (AvgIpc) is 2.11. The lowest BCUT2D eigenvalue weighted by Gasteiger charge is -2.13. The molecule has 0 N–H and O–H groups in total. The summed E-state index contributed by atoms with van der Waals surface area (Å²) < 4.78 is 44.1. The predicted molar refractivity (Wildman–Crippen MR) is 319 cm³/mol. The van der Waals surface area contributed by atoms with Gasteiger partial charge in [0.25, 0.3) is 44.5 Å². The van der Waals surface area contributed by atoms with E-state index in [1.807, 2.05) is 72.8 Å². The Morgan fingerprint density at radius 1 is 0.259 bits per heavy atom. The lowest BCUT2D eigenvalue weighted by molar-refractivity contribution is 0.00512. The number of hydrogen-bond acceptors (Lipinski definition) is 15. The van der Waals surface area contributed by atoms with E-state index in [0.717, 1.165) is 62.8 Å². The van der Waals surface area contributed by atoms with Gasteiger partial charge in [-0.1, -0.05) is 72.2 Å². The molecule has 6 aromatic carbocycles. The van der Waals surface area contributed by atoms with Gasteiger partial charge < -0.3 is 33.2 Å². The molecule has 0 amide bonds. The van der Waals surface area contributed by atoms with Crippen molar-refractivity contribution in [1.82, 2.24) is 18.3 Å². The summed E-state index contributed by atoms with van der Waals surface area (Å²) in [6, 6.07) is 28.3. The van der Waals surface area contributed by atoms with Crippen molar-refractivity contribution in [3.05, 3.63) is 180 Å². The number of nitrogens with zero attached hydrogens (tertiary/aromatic N) is 4. The summed E-state index contributed by atoms with van der Waals surface area (Å²) in [4.78, 5) is 104. The number of rotatable bonds is 0. The van der Waals surface area contributed by atoms with E-state index in [4.69, 9.17) is 33.2 Å². The quantitative estimate of drug-likeness (QED) is 0.157. The van der Waals surface area contributed by atoms with Crippen LogP contribution in [0.5, 0.6) is 23.0 Å². The van der Waals surface area contributed by atoms with Gasteiger partial charge in [-0.15, -0.1) is 0 Å². The van der Waals surface area contributed by atoms with Crippen LogP contribution in [0.2, 0.25) is 0 Å². The Bertz CT molecular complexity index is 4580. The normalized spacial score (nSPS) is 14.3. The van der Waals surface area contributed by atoms with E-state index < -0.39 is 44.5 Å². The molecule has 0 spiro atoms. The van der Waals surface area contributed by atoms with Crippen molar-refractivity contribution in [3.63, 3.8) is 0 Å². The fourth-order valence-corrected chi connectivity index (χ4v) is 9.72. The van der Waals surface area contributed by atoms with E-state index in [1.54, 1.807) is 0 Å². The van der Waals surface area contributed by atoms with E-state index in [0.29, 0.717) is 52.9 Å². The molecule has 418 valence electrons. The largest absolute Gasteiger partial charge is 0.491 e. The van der Waals surface area contributed by atoms with Crippen molar-refractivity contribution >= 4 is 64.6 Å². The number of benzene rings is 6. The summed E-state index contributed by atoms with van der Waals surface area (Å²) >= 11 is 0. The van der Waals surface area contributed by atoms with E-state index >= 15 is 0 Å². The van der Waals surface area contributed by atoms with Crippen molar-refractivity contribution in [3.8, 4) is 94.0 Å². The maximum atomic E-state index is 12.9. The molecule has 6 aliphatic heterocycles. The lowest BCUT2D eigenvalue weighted by Crippen LogP contribution is -2.25. The van der Waals surface area contributed by atoms with Crippen LogP contribution in [0.1, 0.15) is 0 Å². The van der Waals surface area contributed by atoms with Crippen LogP contribution in [0.3, 0.4) is 0 Å². The average molecular weight is 1130 g/mol. The molecule has 6 aliphatic rings. The molecule has 0 saturated carbocycles. The van der Waals surface area contributed by atoms with Gasteiger partial charge in [-0.3, -0.25) is 56.6 Å². The lowest BCUT2D eigenvalue weighted by atomic mass is 10.1. The zero-order valence-electron chi connectivity index (χ0n) is 45.0. The van der Waals surface area contributed by atoms with Gasteiger partial charge in [0.1, 0.15) is 49.4 Å². The van der Waals surface area contributed by atoms with Crippen LogP contribution in [0.15, 0.2) is 135 Å². The first-order valence-electron chi connectivity index (χ1n) is 26.5. The van der Waals surface area contributed by atoms with Crippen LogP contribution >= 0.6 is 0 Å². The molecule has 10 aromatic rings. The molecule has 0 atom stereocenters. The smallest absolute Gasteiger partial charge is 0.262 e. The third-order valence-corrected chi connectivity index (χ3v) is 13.8. The van der Waals surface area contributed by atoms with Crippen molar-refractivity contribution < 1.29 is 33.2 Å². The van der Waals surface area contributed by atoms with E-state index in [1.165, 1.54) is 24.3 Å². The summed E-state index contributed by atoms with van der Waals surface area (Å²) in [7, 11) is 0. The maximum absolute atomic E-state index is 12.9. The summed E-state index contributed by atoms with van der Waals surface area (Å²) in [5.74, 6) is 34.7. The second-order valence-corrected chi connectivity index (χ2v) is 18.8. The summed E-state index contributed by atoms with van der Waals surface area (Å²) in [6.45, 7) is 2.80. The first-order valence-corrected chi connectivity index (χ1v) is 26.5. The molecule has 0 radical (unpaired) electrons. The van der Waals surface area contributed by atoms with Gasteiger partial charge in [0.2, 0.25) is 0 Å². The van der Waals surface area contributed by atoms with Gasteiger partial charge in [0.05, 0.1) is 109 Å². The summed E-state index contributed by atoms with van der Waals surface area (Å²) in [5, 5.41) is 3.47. The minimum Gasteiger partial charge on any atom is -0.491 e. The molecule has 19 nitrogen and oxygen atoms in total. The van der Waals surface area contributed by atoms with E-state index in [-0.39, 0.29) is 82.5 Å². The van der Waals surface area contributed by atoms with Crippen LogP contribution in [0, 0.1) is 71.0 Å². The minimum absolute atomic E-state index is 0.0462. The maximum Gasteiger partial charge on any atom is 0.262 e. The second kappa shape index (κ2) is 25.3. The molecule has 4 aromatic heterocycles. The van der Waals surface area contributed by atoms with Crippen molar-refractivity contribution in [1.29, 1.82) is 0 Å². The topological polar surface area (TPSA) is 221 Å². The summed E-state index contributed by atoms with van der Waals surface area (Å²) in [6.07, 6.45) is 0. The Morgan fingerprint density at radius 2 is 0.506 bits per heavy atom. The molecular weight excluding hydrogens is 1090 g/mol. The van der Waals surface area contributed by atoms with Crippen LogP contribution in [-0.4, -0.2) is 84.3 Å². The van der Waals surface area contributed by atoms with Crippen LogP contribution in [0.25, 0.3) is 64.6 Å². The number of aromatic nitrogens is 4. The third-order valence-electron chi connectivity index (χ3n) is 13.8. The van der Waals surface area contributed by atoms with Crippen LogP contribution < -0.4 is 63.4 Å². The molecular formula is C66H44N4O15. The van der Waals surface area contributed by atoms with E-state index in [9.17, 15) is 38.4 Å². The van der Waals surface area contributed by atoms with Gasteiger partial charge >= 0.3 is 0 Å². The zero-order chi connectivity index (χ0) is 58.8. The fraction of sp³-hybridized carbons (Fsp3) is 0.212. The highest BCUT2D eigenvalue weighted by atomic mass is 16.6. The van der Waals surface area contributed by atoms with E-state index in [2.05, 4.69) is 71.0 Å². The standard InChI is InChI=1S/C34H32O7.C32H12N4O8/c1-2-6-18-39-33-15-16-34(28-10-4-3-9-27(28)33)41-26-24-37-22-20-35-19-21-36-23-25-40-32-14-8-11-29-30(32)12-7-13-31(29)38-17-5-1;37-25-17-13-21-22-14-18(17)26(38)33(25)9-5-1-2-6-10-34-27(39)19-15-23-24(16-20(19)28(34)40)32(44)36(31(23)43)12-8-4-3-7-11-35(29(21)41)30(22)42/h3-4,7-16H,17-26H2;13-16H,9-12H2. The highest BCUT2D eigenvalue weighted by molar-refractivity contribution is 5.99. The number of hydrogen-bond donors (Lipinski definition) is 0. The molecule has 16 rings (SSSR count). The van der Waals surface area contributed by atoms with Crippen molar-refractivity contribution in [2.75, 3.05) is 66.1 Å². The van der Waals surface area contributed by atoms with Gasteiger partial charge in [-0.05, 0) is 95.9 Å². The molecule has 0 aliphatic carbocycles. The monoisotopic (exact) mass is 1130 g/mol. The summed E-state index contributed by atoms with van der Waals surface area (Å²) in [5.41, 5.74) is -5.54. The Labute approximate surface area is 480 Å². The molecule has 18 bridgehead atoms. The van der Waals surface area contributed by atoms with Crippen molar-refractivity contribution in [2.45, 2.75) is 26.2 Å². The Morgan fingerprint density at radius 3 is 0.824 bits per heavy atom. The predicted octanol–water partition coefficient (Wildman–Crippen LogP) is 3.14. The van der Waals surface area contributed by atoms with Gasteiger partial charge in [-0.25, -0.2) is 0 Å². The first kappa shape index (κ1) is 55.7. The molecule has 0 fully saturated rings. The number of ether oxygens (including phenoxy) is 7. The van der Waals surface area contributed by atoms with Gasteiger partial charge in [-0.2, -0.15) is 0 Å². The number of fused-ring (bicyclic) bond motifs is 18. The van der Waals surface area contributed by atoms with Crippen LogP contribution in [-0.2, 0) is 40.4 Å². The molecule has 85 heavy (non-hydrogen) atoms. The molecule has 10 heterocycles. The minimum atomic E-state index is -0.692.